The van der Waals surface area contributed by atoms with E-state index in [4.69, 9.17) is 0 Å². The smallest absolute Gasteiger partial charge is 0.309 e. The summed E-state index contributed by atoms with van der Waals surface area (Å²) in [5, 5.41) is 32.8. The van der Waals surface area contributed by atoms with Gasteiger partial charge < -0.3 is 15.1 Å². The second-order valence-electron chi connectivity index (χ2n) is 14.9. The number of hydrogen-bond donors (Lipinski definition) is 2. The number of aromatic nitrogens is 4. The van der Waals surface area contributed by atoms with Crippen LogP contribution in [-0.2, 0) is 20.4 Å². The first-order valence-electron chi connectivity index (χ1n) is 18.4. The zero-order chi connectivity index (χ0) is 38.0. The van der Waals surface area contributed by atoms with E-state index in [9.17, 15) is 19.8 Å². The van der Waals surface area contributed by atoms with E-state index in [1.165, 1.54) is 11.1 Å². The predicted molar refractivity (Wildman–Crippen MR) is 212 cm³/mol. The Morgan fingerprint density at radius 3 is 2.30 bits per heavy atom. The quantitative estimate of drug-likeness (QED) is 0.138. The van der Waals surface area contributed by atoms with Crippen LogP contribution in [0.4, 0.5) is 11.4 Å². The number of nitrogens with zero attached hydrogens (tertiary/aromatic N) is 6. The maximum Gasteiger partial charge on any atom is 0.309 e. The van der Waals surface area contributed by atoms with Gasteiger partial charge in [-0.05, 0) is 96.3 Å². The summed E-state index contributed by atoms with van der Waals surface area (Å²) in [7, 11) is 0. The highest BCUT2D eigenvalue weighted by atomic mass is 32.2. The third-order valence-electron chi connectivity index (χ3n) is 10.7. The van der Waals surface area contributed by atoms with E-state index in [2.05, 4.69) is 101 Å². The molecule has 4 aromatic rings. The summed E-state index contributed by atoms with van der Waals surface area (Å²) in [6, 6.07) is 26.3. The Labute approximate surface area is 319 Å². The molecular formula is C43H45N6O4S+. The third-order valence-corrected chi connectivity index (χ3v) is 11.9. The fraction of sp³-hybridized carbons (Fsp3) is 0.302. The SMILES string of the molecule is CC1(C)C(/C=C/C2=C(Sc3nnnn3-c3ccccc3)C(=C/C=C3/N(CCC(=O)O)c4ccccc4C3(C)C)/CCC2)=[N+](CCC(=O)O)c2ccccc21. The number of benzene rings is 3. The van der Waals surface area contributed by atoms with E-state index in [-0.39, 0.29) is 23.7 Å². The number of para-hydroxylation sites is 3. The molecule has 0 unspecified atom stereocenters. The molecule has 54 heavy (non-hydrogen) atoms. The van der Waals surface area contributed by atoms with Gasteiger partial charge in [0.15, 0.2) is 12.3 Å². The molecule has 2 N–H and O–H groups in total. The van der Waals surface area contributed by atoms with Crippen molar-refractivity contribution in [3.8, 4) is 5.69 Å². The molecule has 11 heteroatoms. The van der Waals surface area contributed by atoms with Crippen molar-refractivity contribution in [2.24, 2.45) is 0 Å². The highest BCUT2D eigenvalue weighted by Gasteiger charge is 2.44. The Balaban J connectivity index is 1.35. The molecule has 0 atom stereocenters. The van der Waals surface area contributed by atoms with E-state index >= 15 is 0 Å². The molecule has 0 radical (unpaired) electrons. The zero-order valence-electron chi connectivity index (χ0n) is 31.1. The van der Waals surface area contributed by atoms with Gasteiger partial charge in [-0.1, -0.05) is 80.6 Å². The lowest BCUT2D eigenvalue weighted by Gasteiger charge is -2.27. The Hall–Kier alpha value is -5.55. The van der Waals surface area contributed by atoms with Gasteiger partial charge in [0.1, 0.15) is 6.42 Å². The summed E-state index contributed by atoms with van der Waals surface area (Å²) < 4.78 is 3.91. The van der Waals surface area contributed by atoms with E-state index < -0.39 is 11.9 Å². The Morgan fingerprint density at radius 2 is 1.54 bits per heavy atom. The number of thioether (sulfide) groups is 1. The molecule has 0 bridgehead atoms. The number of anilines is 1. The second-order valence-corrected chi connectivity index (χ2v) is 15.8. The topological polar surface area (TPSA) is 124 Å². The van der Waals surface area contributed by atoms with Crippen molar-refractivity contribution in [2.75, 3.05) is 18.0 Å². The fourth-order valence-electron chi connectivity index (χ4n) is 7.95. The molecule has 1 aromatic heterocycles. The van der Waals surface area contributed by atoms with Crippen LogP contribution in [0, 0.1) is 0 Å². The molecular weight excluding hydrogens is 697 g/mol. The number of aliphatic carboxylic acids is 2. The number of carboxylic acids is 2. The molecule has 0 spiro atoms. The van der Waals surface area contributed by atoms with Gasteiger partial charge in [0.05, 0.1) is 17.5 Å². The molecule has 3 aromatic carbocycles. The molecule has 3 aliphatic rings. The minimum atomic E-state index is -0.829. The number of carboxylic acid groups (broad SMARTS) is 2. The summed E-state index contributed by atoms with van der Waals surface area (Å²) in [6.07, 6.45) is 11.4. The maximum absolute atomic E-state index is 11.7. The average molecular weight is 742 g/mol. The van der Waals surface area contributed by atoms with Gasteiger partial charge in [0, 0.05) is 46.0 Å². The number of hydrogen-bond acceptors (Lipinski definition) is 7. The van der Waals surface area contributed by atoms with Crippen LogP contribution in [0.1, 0.15) is 70.9 Å². The lowest BCUT2D eigenvalue weighted by atomic mass is 9.81. The van der Waals surface area contributed by atoms with Crippen molar-refractivity contribution < 1.29 is 24.4 Å². The minimum Gasteiger partial charge on any atom is -0.481 e. The summed E-state index contributed by atoms with van der Waals surface area (Å²) in [6.45, 7) is 9.52. The van der Waals surface area contributed by atoms with Crippen LogP contribution in [0.3, 0.4) is 0 Å². The van der Waals surface area contributed by atoms with E-state index in [0.29, 0.717) is 18.2 Å². The molecule has 10 nitrogen and oxygen atoms in total. The van der Waals surface area contributed by atoms with Crippen LogP contribution in [0.25, 0.3) is 5.69 Å². The largest absolute Gasteiger partial charge is 0.481 e. The van der Waals surface area contributed by atoms with Gasteiger partial charge in [-0.15, -0.1) is 5.10 Å². The number of tetrazole rings is 1. The minimum absolute atomic E-state index is 0.0267. The summed E-state index contributed by atoms with van der Waals surface area (Å²) in [5.41, 5.74) is 9.00. The van der Waals surface area contributed by atoms with Crippen molar-refractivity contribution in [3.63, 3.8) is 0 Å². The van der Waals surface area contributed by atoms with Crippen LogP contribution in [0.2, 0.25) is 0 Å². The highest BCUT2D eigenvalue weighted by Crippen LogP contribution is 2.48. The van der Waals surface area contributed by atoms with E-state index in [1.807, 2.05) is 54.6 Å². The van der Waals surface area contributed by atoms with Gasteiger partial charge in [0.25, 0.3) is 0 Å². The van der Waals surface area contributed by atoms with Gasteiger partial charge in [0.2, 0.25) is 10.8 Å². The highest BCUT2D eigenvalue weighted by molar-refractivity contribution is 8.03. The molecule has 3 heterocycles. The van der Waals surface area contributed by atoms with Gasteiger partial charge in [-0.25, -0.2) is 0 Å². The first-order valence-corrected chi connectivity index (χ1v) is 19.2. The second kappa shape index (κ2) is 15.1. The van der Waals surface area contributed by atoms with Gasteiger partial charge in [-0.2, -0.15) is 9.26 Å². The fourth-order valence-corrected chi connectivity index (χ4v) is 9.05. The summed E-state index contributed by atoms with van der Waals surface area (Å²) >= 11 is 1.54. The summed E-state index contributed by atoms with van der Waals surface area (Å²) in [5.74, 6) is -1.66. The van der Waals surface area contributed by atoms with Crippen molar-refractivity contribution in [1.29, 1.82) is 0 Å². The molecule has 276 valence electrons. The van der Waals surface area contributed by atoms with Crippen LogP contribution in [0.15, 0.2) is 130 Å². The van der Waals surface area contributed by atoms with Crippen LogP contribution in [-0.4, -0.2) is 65.7 Å². The zero-order valence-corrected chi connectivity index (χ0v) is 31.9. The van der Waals surface area contributed by atoms with Crippen molar-refractivity contribution >= 4 is 40.8 Å². The number of allylic oxidation sites excluding steroid dienone is 7. The maximum atomic E-state index is 11.7. The number of rotatable bonds is 12. The van der Waals surface area contributed by atoms with Gasteiger partial charge in [-0.3, -0.25) is 9.59 Å². The predicted octanol–water partition coefficient (Wildman–Crippen LogP) is 8.38. The molecule has 0 saturated heterocycles. The summed E-state index contributed by atoms with van der Waals surface area (Å²) in [4.78, 5) is 26.7. The van der Waals surface area contributed by atoms with Crippen LogP contribution >= 0.6 is 11.8 Å². The first-order chi connectivity index (χ1) is 26.0. The molecule has 1 aliphatic carbocycles. The molecule has 2 aliphatic heterocycles. The average Bonchev–Trinajstić information content (AvgIpc) is 3.77. The Bertz CT molecular complexity index is 2260. The normalized spacial score (nSPS) is 18.9. The lowest BCUT2D eigenvalue weighted by molar-refractivity contribution is -0.436. The van der Waals surface area contributed by atoms with Crippen molar-refractivity contribution in [1.82, 2.24) is 20.2 Å². The first kappa shape index (κ1) is 36.8. The lowest BCUT2D eigenvalue weighted by Crippen LogP contribution is -2.28. The van der Waals surface area contributed by atoms with Crippen molar-refractivity contribution in [3.05, 3.63) is 136 Å². The number of fused-ring (bicyclic) bond motifs is 2. The third kappa shape index (κ3) is 7.08. The van der Waals surface area contributed by atoms with Crippen LogP contribution in [0.5, 0.6) is 0 Å². The van der Waals surface area contributed by atoms with Gasteiger partial charge >= 0.3 is 11.9 Å². The molecule has 0 amide bonds. The Kier molecular flexibility index (Phi) is 10.3. The standard InChI is InChI=1S/C43H44N6O4S/c1-42(2)32-17-8-10-19-34(32)47(27-25-38(50)51)36(42)23-21-29-13-12-14-30(40(29)54-41-44-45-46-49(41)31-15-6-5-7-16-31)22-24-37-43(3,4)33-18-9-11-20-35(33)48(37)28-26-39(52)53/h5-11,15-24H,12-14,25-28H2,1-4H3,(H-,50,51,52,53)/p+1. The van der Waals surface area contributed by atoms with Crippen molar-refractivity contribution in [2.45, 2.75) is 75.8 Å². The molecule has 7 rings (SSSR count). The van der Waals surface area contributed by atoms with Crippen LogP contribution < -0.4 is 4.90 Å². The molecule has 0 fully saturated rings. The monoisotopic (exact) mass is 741 g/mol. The van der Waals surface area contributed by atoms with E-state index in [1.54, 1.807) is 16.4 Å². The van der Waals surface area contributed by atoms with E-state index in [0.717, 1.165) is 63.8 Å². The Morgan fingerprint density at radius 1 is 0.833 bits per heavy atom. The number of carbonyl (C=O) groups is 2. The molecule has 0 saturated carbocycles.